The Balaban J connectivity index is 1.49. The van der Waals surface area contributed by atoms with E-state index in [1.54, 1.807) is 5.57 Å². The van der Waals surface area contributed by atoms with E-state index in [0.717, 1.165) is 38.5 Å². The lowest BCUT2D eigenvalue weighted by Gasteiger charge is -2.59. The maximum Gasteiger partial charge on any atom is 0.172 e. The van der Waals surface area contributed by atoms with E-state index < -0.39 is 5.79 Å². The molecule has 0 amide bonds. The minimum absolute atomic E-state index is 0.162. The van der Waals surface area contributed by atoms with Crippen molar-refractivity contribution >= 4 is 11.4 Å². The van der Waals surface area contributed by atoms with Crippen molar-refractivity contribution in [1.82, 2.24) is 0 Å². The molecular weight excluding hydrogens is 372 g/mol. The fraction of sp³-hybridized carbons (Fsp3) is 0.593. The van der Waals surface area contributed by atoms with Gasteiger partial charge in [-0.2, -0.15) is 0 Å². The van der Waals surface area contributed by atoms with Gasteiger partial charge in [-0.1, -0.05) is 55.8 Å². The zero-order chi connectivity index (χ0) is 20.6. The van der Waals surface area contributed by atoms with Crippen LogP contribution in [-0.2, 0) is 14.3 Å². The summed E-state index contributed by atoms with van der Waals surface area (Å²) in [7, 11) is 0. The molecule has 3 heteroatoms. The summed E-state index contributed by atoms with van der Waals surface area (Å²) in [5.74, 6) is 1.48. The van der Waals surface area contributed by atoms with E-state index in [2.05, 4.69) is 50.3 Å². The molecule has 1 heterocycles. The molecule has 1 aromatic rings. The van der Waals surface area contributed by atoms with Crippen LogP contribution in [0, 0.1) is 28.6 Å². The molecule has 0 N–H and O–H groups in total. The average Bonchev–Trinajstić information content (AvgIpc) is 3.34. The molecule has 2 saturated carbocycles. The third-order valence-corrected chi connectivity index (χ3v) is 9.43. The SMILES string of the molecule is C[C@]12CCC3(CC1=C(c1ccccc1)C[C@@H]1[C@@H]2CC[C@]2(C)C(=O)C=C[C@@H]12)OCCO3. The summed E-state index contributed by atoms with van der Waals surface area (Å²) in [6.45, 7) is 6.15. The van der Waals surface area contributed by atoms with Crippen LogP contribution in [0.5, 0.6) is 0 Å². The van der Waals surface area contributed by atoms with Crippen molar-refractivity contribution in [3.05, 3.63) is 53.6 Å². The smallest absolute Gasteiger partial charge is 0.172 e. The molecule has 1 saturated heterocycles. The van der Waals surface area contributed by atoms with Crippen LogP contribution in [0.4, 0.5) is 0 Å². The number of ketones is 1. The lowest BCUT2D eigenvalue weighted by molar-refractivity contribution is -0.184. The monoisotopic (exact) mass is 404 g/mol. The van der Waals surface area contributed by atoms with Crippen LogP contribution >= 0.6 is 0 Å². The van der Waals surface area contributed by atoms with Gasteiger partial charge in [0.05, 0.1) is 13.2 Å². The highest BCUT2D eigenvalue weighted by molar-refractivity contribution is 5.97. The van der Waals surface area contributed by atoms with Gasteiger partial charge in [-0.15, -0.1) is 0 Å². The number of hydrogen-bond acceptors (Lipinski definition) is 3. The topological polar surface area (TPSA) is 35.5 Å². The first-order valence-electron chi connectivity index (χ1n) is 11.7. The highest BCUT2D eigenvalue weighted by Gasteiger charge is 2.60. The molecule has 5 atom stereocenters. The molecule has 5 aliphatic rings. The van der Waals surface area contributed by atoms with E-state index in [0.29, 0.717) is 36.8 Å². The minimum atomic E-state index is -0.409. The van der Waals surface area contributed by atoms with Crippen molar-refractivity contribution < 1.29 is 14.3 Å². The van der Waals surface area contributed by atoms with Crippen molar-refractivity contribution in [3.63, 3.8) is 0 Å². The number of carbonyl (C=O) groups excluding carboxylic acids is 1. The molecule has 3 nitrogen and oxygen atoms in total. The van der Waals surface area contributed by atoms with E-state index >= 15 is 0 Å². The second-order valence-corrected chi connectivity index (χ2v) is 10.7. The molecule has 0 aromatic heterocycles. The highest BCUT2D eigenvalue weighted by Crippen LogP contribution is 2.66. The van der Waals surface area contributed by atoms with E-state index in [9.17, 15) is 4.79 Å². The summed E-state index contributed by atoms with van der Waals surface area (Å²) in [5, 5.41) is 0. The standard InChI is InChI=1S/C27H32O3/c1-25-12-13-27(29-14-15-30-27)17-23(25)19(18-6-4-3-5-7-18)16-20-21-8-9-24(28)26(21,2)11-10-22(20)25/h3-9,20-22H,10-17H2,1-2H3/t20-,21-,22-,25+,26-/m0/s1. The summed E-state index contributed by atoms with van der Waals surface area (Å²) in [6.07, 6.45) is 10.4. The second-order valence-electron chi connectivity index (χ2n) is 10.7. The van der Waals surface area contributed by atoms with Crippen molar-refractivity contribution in [2.24, 2.45) is 28.6 Å². The Morgan fingerprint density at radius 1 is 0.967 bits per heavy atom. The number of carbonyl (C=O) groups is 1. The highest BCUT2D eigenvalue weighted by atomic mass is 16.7. The first-order valence-corrected chi connectivity index (χ1v) is 11.7. The molecule has 158 valence electrons. The lowest BCUT2D eigenvalue weighted by atomic mass is 9.46. The predicted molar refractivity (Wildman–Crippen MR) is 117 cm³/mol. The molecule has 0 bridgehead atoms. The molecule has 3 fully saturated rings. The number of fused-ring (bicyclic) bond motifs is 5. The number of allylic oxidation sites excluding steroid dienone is 3. The van der Waals surface area contributed by atoms with Crippen LogP contribution in [0.15, 0.2) is 48.1 Å². The van der Waals surface area contributed by atoms with Gasteiger partial charge in [0.15, 0.2) is 11.6 Å². The zero-order valence-corrected chi connectivity index (χ0v) is 18.2. The van der Waals surface area contributed by atoms with Gasteiger partial charge in [0.25, 0.3) is 0 Å². The molecule has 0 unspecified atom stereocenters. The summed E-state index contributed by atoms with van der Waals surface area (Å²) >= 11 is 0. The summed E-state index contributed by atoms with van der Waals surface area (Å²) in [5.41, 5.74) is 4.38. The molecule has 6 rings (SSSR count). The minimum Gasteiger partial charge on any atom is -0.347 e. The van der Waals surface area contributed by atoms with Crippen LogP contribution in [-0.4, -0.2) is 24.8 Å². The van der Waals surface area contributed by atoms with Gasteiger partial charge in [-0.25, -0.2) is 0 Å². The molecule has 1 aromatic carbocycles. The van der Waals surface area contributed by atoms with Gasteiger partial charge < -0.3 is 9.47 Å². The maximum absolute atomic E-state index is 12.8. The van der Waals surface area contributed by atoms with Crippen molar-refractivity contribution in [2.45, 2.75) is 58.2 Å². The predicted octanol–water partition coefficient (Wildman–Crippen LogP) is 5.56. The number of benzene rings is 1. The molecule has 1 spiro atoms. The third kappa shape index (κ3) is 2.48. The van der Waals surface area contributed by atoms with Crippen LogP contribution in [0.25, 0.3) is 5.57 Å². The van der Waals surface area contributed by atoms with E-state index in [1.807, 2.05) is 6.08 Å². The number of hydrogen-bond donors (Lipinski definition) is 0. The lowest BCUT2D eigenvalue weighted by Crippen LogP contribution is -2.53. The average molecular weight is 405 g/mol. The van der Waals surface area contributed by atoms with Gasteiger partial charge in [0, 0.05) is 18.3 Å². The van der Waals surface area contributed by atoms with Crippen molar-refractivity contribution in [1.29, 1.82) is 0 Å². The number of ether oxygens (including phenoxy) is 2. The van der Waals surface area contributed by atoms with Crippen LogP contribution in [0.3, 0.4) is 0 Å². The van der Waals surface area contributed by atoms with Crippen molar-refractivity contribution in [3.8, 4) is 0 Å². The van der Waals surface area contributed by atoms with Gasteiger partial charge in [0.2, 0.25) is 0 Å². The maximum atomic E-state index is 12.8. The Morgan fingerprint density at radius 3 is 2.50 bits per heavy atom. The Hall–Kier alpha value is -1.71. The molecule has 30 heavy (non-hydrogen) atoms. The summed E-state index contributed by atoms with van der Waals surface area (Å²) in [4.78, 5) is 12.8. The zero-order valence-electron chi connectivity index (χ0n) is 18.2. The quantitative estimate of drug-likeness (QED) is 0.614. The van der Waals surface area contributed by atoms with Crippen LogP contribution < -0.4 is 0 Å². The van der Waals surface area contributed by atoms with E-state index in [1.165, 1.54) is 11.1 Å². The Bertz CT molecular complexity index is 938. The molecule has 0 radical (unpaired) electrons. The van der Waals surface area contributed by atoms with E-state index in [4.69, 9.17) is 9.47 Å². The van der Waals surface area contributed by atoms with Gasteiger partial charge in [-0.3, -0.25) is 4.79 Å². The first kappa shape index (κ1) is 19.0. The number of rotatable bonds is 1. The summed E-state index contributed by atoms with van der Waals surface area (Å²) in [6, 6.07) is 10.9. The second kappa shape index (κ2) is 6.40. The fourth-order valence-corrected chi connectivity index (χ4v) is 7.70. The Kier molecular flexibility index (Phi) is 4.06. The Labute approximate surface area is 179 Å². The molecular formula is C27H32O3. The fourth-order valence-electron chi connectivity index (χ4n) is 7.70. The summed E-state index contributed by atoms with van der Waals surface area (Å²) < 4.78 is 12.4. The molecule has 1 aliphatic heterocycles. The normalized spacial score (nSPS) is 41.7. The van der Waals surface area contributed by atoms with Crippen LogP contribution in [0.1, 0.15) is 57.9 Å². The van der Waals surface area contributed by atoms with Crippen LogP contribution in [0.2, 0.25) is 0 Å². The first-order chi connectivity index (χ1) is 14.5. The molecule has 4 aliphatic carbocycles. The van der Waals surface area contributed by atoms with Gasteiger partial charge >= 0.3 is 0 Å². The Morgan fingerprint density at radius 2 is 1.73 bits per heavy atom. The van der Waals surface area contributed by atoms with Crippen molar-refractivity contribution in [2.75, 3.05) is 13.2 Å². The third-order valence-electron chi connectivity index (χ3n) is 9.43. The van der Waals surface area contributed by atoms with E-state index in [-0.39, 0.29) is 10.8 Å². The largest absolute Gasteiger partial charge is 0.347 e. The van der Waals surface area contributed by atoms with Gasteiger partial charge in [-0.05, 0) is 66.1 Å². The van der Waals surface area contributed by atoms with Gasteiger partial charge in [0.1, 0.15) is 0 Å².